The first kappa shape index (κ1) is 121. The standard InChI is InChI=1S/C18H23F3Si2.C18H11NS.C14H5F3N2.C12H5F3I2.C12H7F3.C4H8O.C3H9ClSi.CH2Cl2.CH3F.CH4NP.CN.4CH4.ClI.Cu.Na.H2.H/c1-22(2,3)17-14(19)13(12-10-8-7-9-11-12)15(20)18(16(17)21)23(4,5)6;1-3-7-15-11(5-1)13-9-10-14-12-6-2-4-8-16(12)20-18(14)17(13)19-15;1-19-14-12(16)9(7-18)11(15)10(13(14)17)8-5-3-2-4-6-8;13-8-7(6-4-2-1-3-5-6)9(14)12(17)10(15)11(8)16;13-9-6-10(14)12(11(15)7-9)8-4-2-1-3-5-8;1-2-4-5-3-1;1-5(2,3)4;2-1-3;1-2;1-2-3;1-2;;;;;1-2;;;;/h7-11H,1-6H3;1-10,19H;2-6H;1-5H;1-7H;1-4H2;1-3H3;1H2;1H3;3H,1H3;;4*1H4;;;;1H;/q;;;;;;;;;;-1;;;;;;2*+1;;-1/i;;;;;;;;1D;;;;;;;;;;;. The number of nitrogens with one attached hydrogen (secondary N) is 1. The molecule has 658 valence electrons. The van der Waals surface area contributed by atoms with Crippen LogP contribution in [0.4, 0.5) is 62.8 Å². The van der Waals surface area contributed by atoms with Crippen LogP contribution in [0.3, 0.4) is 0 Å². The van der Waals surface area contributed by atoms with Crippen LogP contribution in [-0.4, -0.2) is 61.3 Å². The number of ether oxygens (including phenoxy) is 1. The molecule has 13 aromatic rings. The SMILES string of the molecule is C.C.C.C.C1CCOC1.CN=P.C[Si](C)(C)Cl.C[Si](C)(C)c1c(F)c(-c2ccccc2)c(F)c([Si](C)(C)C)c1F.ClCCl.ClI.Fc1c(I)c(F)c(-c2ccccc2)c(F)c1I.Fc1cc(F)c(-c2ccccc2)c(F)c1.[2H]CF.[C-]#N.[C-]#[N+]c1c(F)c(C#N)c(F)c(-c2ccccc2)c1F.[Cu+].[H-].[HH].[Na+].c1ccc2c(c1)[nH]c1c2ccc2c3ccccc3sc21. The van der Waals surface area contributed by atoms with Crippen LogP contribution < -0.4 is 39.9 Å². The molecule has 1 saturated heterocycles. The minimum atomic E-state index is -2.31. The van der Waals surface area contributed by atoms with E-state index in [1.165, 1.54) is 73.0 Å². The molecule has 0 spiro atoms. The van der Waals surface area contributed by atoms with E-state index in [0.717, 1.165) is 13.2 Å². The number of hydrogen-bond acceptors (Lipinski definition) is 5. The molecule has 1 fully saturated rings. The van der Waals surface area contributed by atoms with E-state index in [0.29, 0.717) is 28.8 Å². The number of fused-ring (bicyclic) bond motifs is 7. The van der Waals surface area contributed by atoms with Crippen molar-refractivity contribution in [1.82, 2.24) is 4.98 Å². The maximum absolute atomic E-state index is 15.1. The van der Waals surface area contributed by atoms with Crippen LogP contribution in [0.15, 0.2) is 199 Å². The average Bonchev–Trinajstić information content (AvgIpc) is 1.73. The second-order valence-corrected chi connectivity index (χ2v) is 48.8. The summed E-state index contributed by atoms with van der Waals surface area (Å²) in [7, 11) is 2.31. The molecule has 0 amide bonds. The van der Waals surface area contributed by atoms with Gasteiger partial charge in [-0.1, -0.05) is 258 Å². The third kappa shape index (κ3) is 34.6. The van der Waals surface area contributed by atoms with Crippen LogP contribution in [0.2, 0.25) is 58.9 Å². The average molecular weight is 2260 g/mol. The number of rotatable bonds is 6. The summed E-state index contributed by atoms with van der Waals surface area (Å²) in [5, 5.41) is 20.7. The van der Waals surface area contributed by atoms with E-state index in [1.807, 2.05) is 50.6 Å². The molecule has 1 aliphatic rings. The van der Waals surface area contributed by atoms with E-state index in [2.05, 4.69) is 113 Å². The smallest absolute Gasteiger partial charge is 1.00 e. The van der Waals surface area contributed by atoms with E-state index in [1.54, 1.807) is 183 Å². The first-order valence-electron chi connectivity index (χ1n) is 34.9. The molecule has 0 unspecified atom stereocenters. The first-order valence-corrected chi connectivity index (χ1v) is 52.9. The van der Waals surface area contributed by atoms with Gasteiger partial charge in [-0.3, -0.25) is 9.14 Å². The topological polar surface area (TPSA) is 89.3 Å². The van der Waals surface area contributed by atoms with Crippen molar-refractivity contribution >= 4 is 212 Å². The van der Waals surface area contributed by atoms with Crippen molar-refractivity contribution in [3.63, 3.8) is 0 Å². The number of nitriles is 1. The number of halogens is 20. The Kier molecular flexibility index (Phi) is 60.5. The molecule has 3 heterocycles. The molecule has 1 aliphatic heterocycles. The predicted octanol–water partition coefficient (Wildman–Crippen LogP) is 30.9. The second-order valence-electron chi connectivity index (χ2n) is 26.8. The van der Waals surface area contributed by atoms with Gasteiger partial charge in [0.05, 0.1) is 70.6 Å². The van der Waals surface area contributed by atoms with E-state index in [4.69, 9.17) is 64.1 Å². The molecule has 6 nitrogen and oxygen atoms in total. The second kappa shape index (κ2) is 61.1. The summed E-state index contributed by atoms with van der Waals surface area (Å²) in [6.45, 7) is 31.1. The minimum absolute atomic E-state index is 0. The molecule has 33 heteroatoms. The van der Waals surface area contributed by atoms with Crippen LogP contribution in [0.5, 0.6) is 0 Å². The maximum Gasteiger partial charge on any atom is 1.00 e. The van der Waals surface area contributed by atoms with Gasteiger partial charge in [-0.15, -0.1) is 34.5 Å². The Balaban J connectivity index is -0.000000329. The van der Waals surface area contributed by atoms with Gasteiger partial charge in [-0.2, -0.15) is 16.3 Å². The van der Waals surface area contributed by atoms with Gasteiger partial charge < -0.3 is 23.0 Å². The Morgan fingerprint density at radius 1 is 0.541 bits per heavy atom. The Labute approximate surface area is 815 Å². The molecule has 0 atom stereocenters. The zero-order valence-corrected chi connectivity index (χ0v) is 82.4. The summed E-state index contributed by atoms with van der Waals surface area (Å²) in [4.78, 5) is 6.28. The monoisotopic (exact) mass is 2250 g/mol. The predicted molar refractivity (Wildman–Crippen MR) is 523 cm³/mol. The van der Waals surface area contributed by atoms with Crippen molar-refractivity contribution < 1.29 is 113 Å². The molecular weight excluding hydrogens is 2160 g/mol. The molecule has 1 N–H and O–H groups in total. The Bertz CT molecular complexity index is 5290. The molecule has 0 radical (unpaired) electrons. The van der Waals surface area contributed by atoms with Crippen molar-refractivity contribution in [1.29, 1.82) is 10.5 Å². The van der Waals surface area contributed by atoms with E-state index in [9.17, 15) is 43.9 Å². The number of aromatic nitrogens is 1. The molecule has 0 aliphatic carbocycles. The van der Waals surface area contributed by atoms with E-state index in [-0.39, 0.29) is 124 Å². The number of H-pyrrole nitrogens is 1. The molecule has 11 aromatic carbocycles. The van der Waals surface area contributed by atoms with Gasteiger partial charge in [0.1, 0.15) is 71.4 Å². The number of para-hydroxylation sites is 1. The van der Waals surface area contributed by atoms with Crippen molar-refractivity contribution in [2.45, 2.75) is 101 Å². The number of aromatic amines is 1. The first-order chi connectivity index (χ1) is 55.4. The van der Waals surface area contributed by atoms with Gasteiger partial charge in [0, 0.05) is 103 Å². The Hall–Kier alpha value is -5.42. The quantitative estimate of drug-likeness (QED) is 0.0207. The van der Waals surface area contributed by atoms with Crippen molar-refractivity contribution in [2.24, 2.45) is 4.74 Å². The maximum atomic E-state index is 15.1. The molecule has 0 bridgehead atoms. The Morgan fingerprint density at radius 3 is 1.22 bits per heavy atom. The van der Waals surface area contributed by atoms with Crippen LogP contribution in [0.1, 0.15) is 52.3 Å². The van der Waals surface area contributed by atoms with Gasteiger partial charge >= 0.3 is 46.6 Å². The van der Waals surface area contributed by atoms with Gasteiger partial charge in [0.15, 0.2) is 17.5 Å². The third-order valence-corrected chi connectivity index (χ3v) is 22.6. The summed E-state index contributed by atoms with van der Waals surface area (Å²) < 4.78 is 193. The third-order valence-electron chi connectivity index (χ3n) is 15.7. The van der Waals surface area contributed by atoms with Gasteiger partial charge in [-0.25, -0.2) is 57.5 Å². The van der Waals surface area contributed by atoms with Crippen molar-refractivity contribution in [2.75, 3.05) is 32.8 Å². The van der Waals surface area contributed by atoms with Crippen LogP contribution in [-0.2, 0) is 21.8 Å². The summed E-state index contributed by atoms with van der Waals surface area (Å²) in [5.41, 5.74) is 0.927. The zero-order chi connectivity index (χ0) is 88.2. The fraction of sp³-hybridized carbons (Fsp3) is 0.225. The van der Waals surface area contributed by atoms with E-state index >= 15 is 13.2 Å². The van der Waals surface area contributed by atoms with Crippen molar-refractivity contribution in [3.8, 4) is 50.6 Å². The summed E-state index contributed by atoms with van der Waals surface area (Å²) in [5.74, 6) is -11.4. The fourth-order valence-electron chi connectivity index (χ4n) is 11.0. The molecule has 2 aromatic heterocycles. The van der Waals surface area contributed by atoms with Crippen LogP contribution >= 0.6 is 130 Å². The summed E-state index contributed by atoms with van der Waals surface area (Å²) in [6.07, 6.45) is 2.56. The van der Waals surface area contributed by atoms with Gasteiger partial charge in [0.2, 0.25) is 0 Å². The zero-order valence-electron chi connectivity index (χ0n) is 67.2. The summed E-state index contributed by atoms with van der Waals surface area (Å²) in [6, 6.07) is 57.0. The molecule has 0 saturated carbocycles. The van der Waals surface area contributed by atoms with E-state index < -0.39 is 117 Å². The van der Waals surface area contributed by atoms with Crippen LogP contribution in [0, 0.1) is 107 Å². The molecule has 14 rings (SSSR count). The number of alkyl halides is 3. The largest absolute Gasteiger partial charge is 1.00 e. The van der Waals surface area contributed by atoms with Gasteiger partial charge in [-0.05, 0) is 110 Å². The fourth-order valence-corrected chi connectivity index (χ4v) is 17.1. The number of nitrogens with zero attached hydrogens (tertiary/aromatic N) is 4. The minimum Gasteiger partial charge on any atom is -1.00 e. The van der Waals surface area contributed by atoms with Crippen molar-refractivity contribution in [3.05, 3.63) is 295 Å². The molecular formula is C89H96Cl4CuF13I3N5NaOPSSi3. The number of benzene rings is 11. The van der Waals surface area contributed by atoms with Crippen LogP contribution in [0.25, 0.3) is 91.3 Å². The summed E-state index contributed by atoms with van der Waals surface area (Å²) >= 11 is 21.8. The Morgan fingerprint density at radius 2 is 0.869 bits per heavy atom. The molecule has 122 heavy (non-hydrogen) atoms. The normalized spacial score (nSPS) is 10.6. The number of thiophene rings is 1. The number of hydrogen-bond donors (Lipinski definition) is 1. The van der Waals surface area contributed by atoms with Gasteiger partial charge in [0.25, 0.3) is 5.69 Å².